The lowest BCUT2D eigenvalue weighted by Crippen LogP contribution is -2.34. The summed E-state index contributed by atoms with van der Waals surface area (Å²) in [5.74, 6) is -14.4. The van der Waals surface area contributed by atoms with E-state index in [9.17, 15) is 111 Å². The van der Waals surface area contributed by atoms with Crippen LogP contribution in [0.4, 0.5) is 69.8 Å². The van der Waals surface area contributed by atoms with Gasteiger partial charge in [-0.1, -0.05) is 111 Å². The number of benzene rings is 6. The molecule has 0 saturated carbocycles. The van der Waals surface area contributed by atoms with Gasteiger partial charge in [0.15, 0.2) is 11.5 Å². The zero-order valence-electron chi connectivity index (χ0n) is 57.2. The van der Waals surface area contributed by atoms with Crippen LogP contribution in [0.2, 0.25) is 0 Å². The third kappa shape index (κ3) is 23.1. The van der Waals surface area contributed by atoms with E-state index in [0.29, 0.717) is 62.1 Å². The molecule has 2 aromatic heterocycles. The summed E-state index contributed by atoms with van der Waals surface area (Å²) in [7, 11) is -19.9. The van der Waals surface area contributed by atoms with Gasteiger partial charge in [0.1, 0.15) is 44.6 Å². The molecule has 8 rings (SSSR count). The predicted molar refractivity (Wildman–Crippen MR) is 397 cm³/mol. The molecule has 2 amide bonds. The molecule has 6 aromatic carbocycles. The number of phenolic OH excluding ortho intramolecular Hbond substituents is 2. The van der Waals surface area contributed by atoms with E-state index in [4.69, 9.17) is 0 Å². The minimum atomic E-state index is -5.43. The van der Waals surface area contributed by atoms with Gasteiger partial charge >= 0.3 is 23.9 Å². The predicted octanol–water partition coefficient (Wildman–Crippen LogP) is 9.89. The number of fused-ring (bicyclic) bond motifs is 2. The molecule has 0 radical (unpaired) electrons. The molecule has 2 atom stereocenters. The number of carbonyl (C=O) groups is 6. The summed E-state index contributed by atoms with van der Waals surface area (Å²) in [5, 5.41) is 87.6. The van der Waals surface area contributed by atoms with Crippen LogP contribution in [0.1, 0.15) is 112 Å². The second-order valence-corrected chi connectivity index (χ2v) is 31.6. The largest absolute Gasteiger partial charge is 0.505 e. The number of nitrogens with zero attached hydrogens (tertiary/aromatic N) is 10. The zero-order valence-corrected chi connectivity index (χ0v) is 62.1. The van der Waals surface area contributed by atoms with Gasteiger partial charge in [-0.05, 0) is 84.3 Å². The lowest BCUT2D eigenvalue weighted by atomic mass is 10.1. The molecule has 2 heterocycles. The second kappa shape index (κ2) is 37.2. The normalized spacial score (nSPS) is 12.5. The molecule has 0 fully saturated rings. The maximum atomic E-state index is 13.0. The van der Waals surface area contributed by atoms with Gasteiger partial charge in [-0.15, -0.1) is 20.5 Å². The van der Waals surface area contributed by atoms with Crippen LogP contribution in [0.5, 0.6) is 11.5 Å². The molecule has 0 aliphatic carbocycles. The summed E-state index contributed by atoms with van der Waals surface area (Å²) >= 11 is 0. The van der Waals surface area contributed by atoms with Crippen molar-refractivity contribution >= 4 is 189 Å². The first-order valence-electron chi connectivity index (χ1n) is 32.4. The second-order valence-electron chi connectivity index (χ2n) is 23.4. The maximum Gasteiger partial charge on any atom is 0.337 e. The molecule has 8 aromatic rings. The van der Waals surface area contributed by atoms with Crippen molar-refractivity contribution in [3.63, 3.8) is 0 Å². The Labute approximate surface area is 631 Å². The van der Waals surface area contributed by atoms with E-state index in [1.54, 1.807) is 0 Å². The molecule has 0 saturated heterocycles. The average Bonchev–Trinajstić information content (AvgIpc) is 0.752. The molecule has 0 spiro atoms. The van der Waals surface area contributed by atoms with Crippen LogP contribution in [0.3, 0.4) is 0 Å². The Morgan fingerprint density at radius 2 is 0.782 bits per heavy atom. The quantitative estimate of drug-likeness (QED) is 0.00557. The highest BCUT2D eigenvalue weighted by Crippen LogP contribution is 2.48. The average molecular weight is 1640 g/mol. The van der Waals surface area contributed by atoms with Gasteiger partial charge in [0.2, 0.25) is 47.5 Å². The molecule has 48 heteroatoms. The number of rotatable bonds is 41. The number of unbranched alkanes of at least 4 members (excludes halogenated alkanes) is 8. The summed E-state index contributed by atoms with van der Waals surface area (Å²) < 4.78 is 144. The highest BCUT2D eigenvalue weighted by Gasteiger charge is 2.31. The molecule has 0 bridgehead atoms. The van der Waals surface area contributed by atoms with Gasteiger partial charge in [0.25, 0.3) is 40.5 Å². The third-order valence-corrected chi connectivity index (χ3v) is 21.2. The maximum absolute atomic E-state index is 13.0. The van der Waals surface area contributed by atoms with Gasteiger partial charge in [-0.2, -0.15) is 63.6 Å². The van der Waals surface area contributed by atoms with Gasteiger partial charge in [0, 0.05) is 35.1 Å². The molecule has 110 heavy (non-hydrogen) atoms. The van der Waals surface area contributed by atoms with Crippen molar-refractivity contribution in [3.05, 3.63) is 96.1 Å². The van der Waals surface area contributed by atoms with Crippen molar-refractivity contribution in [1.82, 2.24) is 40.8 Å². The first kappa shape index (κ1) is 84.2. The molecule has 42 nitrogen and oxygen atoms in total. The molecular formula is C62H68N18O24S6. The minimum absolute atomic E-state index is 0.000433. The van der Waals surface area contributed by atoms with Crippen molar-refractivity contribution in [2.24, 2.45) is 20.5 Å². The number of hydrazine groups is 2. The van der Waals surface area contributed by atoms with Gasteiger partial charge in [0.05, 0.1) is 32.3 Å². The number of nitrogens with one attached hydrogen (secondary N) is 8. The van der Waals surface area contributed by atoms with E-state index in [2.05, 4.69) is 93.3 Å². The Morgan fingerprint density at radius 3 is 1.12 bits per heavy atom. The summed E-state index contributed by atoms with van der Waals surface area (Å²) in [6.07, 6.45) is 7.64. The smallest absolute Gasteiger partial charge is 0.337 e. The SMILES string of the molecule is CCCCCCCC(=O)NNc1nc(Nc2cc(S(=O)(=O)O)cc3cc(S(=O)(=O)O)c(/N=N/c4ccccc4C(=O)O)c(O)c23)nc(NC(CSSCC(Nc2nc(NNC(=O)CCCCCCC)nc(Nc3cc(S(=O)(=O)O)cc4cc(S(=O)(=O)O)c(/N=N/c5ccccc5C(=O)O)c(O)c34)n2)C(=O)O)C(=O)O)n1. The van der Waals surface area contributed by atoms with Crippen LogP contribution in [-0.4, -0.2) is 172 Å². The highest BCUT2D eigenvalue weighted by molar-refractivity contribution is 8.76. The lowest BCUT2D eigenvalue weighted by Gasteiger charge is -2.18. The Morgan fingerprint density at radius 1 is 0.436 bits per heavy atom. The van der Waals surface area contributed by atoms with Crippen LogP contribution in [0, 0.1) is 0 Å². The molecule has 0 aliphatic rings. The number of azo groups is 2. The lowest BCUT2D eigenvalue weighted by molar-refractivity contribution is -0.138. The Balaban J connectivity index is 1.11. The Kier molecular flexibility index (Phi) is 28.5. The van der Waals surface area contributed by atoms with Crippen LogP contribution < -0.4 is 43.0 Å². The summed E-state index contributed by atoms with van der Waals surface area (Å²) in [5.41, 5.74) is 4.85. The molecule has 2 unspecified atom stereocenters. The standard InChI is InChI=1S/C62H68N18O24S6/c1-3-5-7-9-11-21-45(81)75-79-61-69-57(63-39-27-33(107(93,94)95)23-31-25-43(109(99,100)101)49(51(83)47(31)39)77-73-37-19-15-13-17-35(37)53(85)86)67-59(71-61)65-41(55(89)90)29-105-106-30-42(56(91)92)66-60-68-58(70-62(72-60)80-76-46(82)22-12-10-8-6-4-2)64-40-28-34(108(96,97)98)24-32-26-44(110(102,103)104)50(52(84)48(32)40)78-74-38-20-16-14-18-36(38)54(87)88/h13-20,23-28,41-42,83-84H,3-12,21-22,29-30H2,1-2H3,(H,75,81)(H,76,82)(H,85,86)(H,87,88)(H,89,90)(H,91,92)(H,93,94,95)(H,96,97,98)(H,99,100,101)(H,102,103,104)(H3,63,65,67,69,71,79)(H3,64,66,68,70,72,80)/b77-73+,78-74+. The van der Waals surface area contributed by atoms with Crippen LogP contribution in [0.15, 0.2) is 125 Å². The van der Waals surface area contributed by atoms with Crippen molar-refractivity contribution in [3.8, 4) is 11.5 Å². The number of phenols is 2. The fourth-order valence-electron chi connectivity index (χ4n) is 10.1. The highest BCUT2D eigenvalue weighted by atomic mass is 33.1. The number of hydrogen-bond acceptors (Lipinski definition) is 34. The number of aromatic hydroxyl groups is 2. The van der Waals surface area contributed by atoms with E-state index in [1.165, 1.54) is 24.3 Å². The molecular weight excluding hydrogens is 1570 g/mol. The number of anilines is 8. The van der Waals surface area contributed by atoms with Crippen LogP contribution in [0.25, 0.3) is 21.5 Å². The number of amides is 2. The molecule has 18 N–H and O–H groups in total. The minimum Gasteiger partial charge on any atom is -0.505 e. The Hall–Kier alpha value is -11.4. The first-order chi connectivity index (χ1) is 51.9. The summed E-state index contributed by atoms with van der Waals surface area (Å²) in [6, 6.07) is 10.5. The van der Waals surface area contributed by atoms with E-state index in [-0.39, 0.29) is 24.2 Å². The van der Waals surface area contributed by atoms with E-state index >= 15 is 0 Å². The number of carbonyl (C=O) groups excluding carboxylic acids is 2. The summed E-state index contributed by atoms with van der Waals surface area (Å²) in [6.45, 7) is 4.00. The molecule has 586 valence electrons. The van der Waals surface area contributed by atoms with Gasteiger partial charge < -0.3 is 51.9 Å². The van der Waals surface area contributed by atoms with E-state index in [0.717, 1.165) is 84.4 Å². The fraction of sp³-hybridized carbons (Fsp3) is 0.290. The first-order valence-corrected chi connectivity index (χ1v) is 40.6. The van der Waals surface area contributed by atoms with Crippen LogP contribution >= 0.6 is 21.6 Å². The van der Waals surface area contributed by atoms with Crippen molar-refractivity contribution in [2.45, 2.75) is 123 Å². The number of carboxylic acid groups (broad SMARTS) is 4. The van der Waals surface area contributed by atoms with Gasteiger partial charge in [-0.3, -0.25) is 49.5 Å². The zero-order chi connectivity index (χ0) is 80.4. The summed E-state index contributed by atoms with van der Waals surface area (Å²) in [4.78, 5) is 96.9. The number of aliphatic carboxylic acids is 2. The third-order valence-electron chi connectivity index (χ3n) is 15.3. The van der Waals surface area contributed by atoms with Crippen molar-refractivity contribution < 1.29 is 111 Å². The number of aromatic carboxylic acids is 2. The fourth-order valence-corrected chi connectivity index (χ4v) is 14.8. The topological polar surface area (TPSA) is 664 Å². The number of hydrogen-bond donors (Lipinski definition) is 18. The Bertz CT molecular complexity index is 5090. The van der Waals surface area contributed by atoms with Gasteiger partial charge in [-0.25, -0.2) is 19.2 Å². The van der Waals surface area contributed by atoms with Crippen LogP contribution in [-0.2, 0) is 59.7 Å². The molecule has 0 aliphatic heterocycles. The van der Waals surface area contributed by atoms with E-state index < -0.39 is 222 Å². The number of carboxylic acids is 4. The number of aromatic nitrogens is 6. The van der Waals surface area contributed by atoms with Crippen molar-refractivity contribution in [2.75, 3.05) is 43.6 Å². The monoisotopic (exact) mass is 1640 g/mol. The van der Waals surface area contributed by atoms with Crippen molar-refractivity contribution in [1.29, 1.82) is 0 Å². The van der Waals surface area contributed by atoms with E-state index in [1.807, 2.05) is 13.8 Å².